The van der Waals surface area contributed by atoms with Crippen LogP contribution in [-0.4, -0.2) is 52.0 Å². The summed E-state index contributed by atoms with van der Waals surface area (Å²) in [5, 5.41) is 20.4. The van der Waals surface area contributed by atoms with Crippen molar-refractivity contribution in [2.24, 2.45) is 0 Å². The van der Waals surface area contributed by atoms with Crippen LogP contribution in [0.15, 0.2) is 24.3 Å². The third kappa shape index (κ3) is 11.6. The van der Waals surface area contributed by atoms with E-state index < -0.39 is 30.2 Å². The number of hydrogen-bond donors (Lipinski definition) is 3. The van der Waals surface area contributed by atoms with Gasteiger partial charge in [0.1, 0.15) is 11.8 Å². The number of aliphatic carboxylic acids is 2. The van der Waals surface area contributed by atoms with Gasteiger partial charge in [-0.15, -0.1) is 0 Å². The number of aryl methyl sites for hydroxylation is 1. The second-order valence-corrected chi connectivity index (χ2v) is 8.76. The molecule has 31 heavy (non-hydrogen) atoms. The van der Waals surface area contributed by atoms with Gasteiger partial charge in [-0.3, -0.25) is 0 Å². The Labute approximate surface area is 195 Å². The molecule has 0 fully saturated rings. The number of rotatable bonds is 14. The fraction of sp³-hybridized carbons (Fsp3) is 0.476. The molecule has 0 aliphatic rings. The monoisotopic (exact) mass is 631 g/mol. The fourth-order valence-electron chi connectivity index (χ4n) is 2.70. The fourth-order valence-corrected chi connectivity index (χ4v) is 3.19. The quantitative estimate of drug-likeness (QED) is 0.280. The van der Waals surface area contributed by atoms with E-state index in [2.05, 4.69) is 0 Å². The molecule has 0 bridgehead atoms. The molecule has 0 heterocycles. The van der Waals surface area contributed by atoms with E-state index >= 15 is 0 Å². The van der Waals surface area contributed by atoms with E-state index in [1.165, 1.54) is 10.2 Å². The minimum Gasteiger partial charge on any atom is -0.480 e. The second kappa shape index (κ2) is 13.9. The van der Waals surface area contributed by atoms with Crippen LogP contribution in [-0.2, 0) is 30.3 Å². The van der Waals surface area contributed by atoms with E-state index in [1.54, 1.807) is 24.7 Å². The van der Waals surface area contributed by atoms with Crippen LogP contribution in [0.4, 0.5) is 4.79 Å². The van der Waals surface area contributed by atoms with Crippen molar-refractivity contribution in [2.75, 3.05) is 0 Å². The number of carboxylic acids is 2. The van der Waals surface area contributed by atoms with Crippen molar-refractivity contribution < 1.29 is 63.6 Å². The van der Waals surface area contributed by atoms with Gasteiger partial charge in [-0.05, 0) is 13.3 Å². The Hall–Kier alpha value is -2.35. The molecule has 1 rings (SSSR count). The summed E-state index contributed by atoms with van der Waals surface area (Å²) in [5.74, 6) is -3.18. The first kappa shape index (κ1) is 26.7. The van der Waals surface area contributed by atoms with Gasteiger partial charge in [0.15, 0.2) is 0 Å². The van der Waals surface area contributed by atoms with E-state index in [-0.39, 0.29) is 43.7 Å². The minimum atomic E-state index is -1.58. The number of amides is 1. The number of ether oxygens (including phenoxy) is 1. The van der Waals surface area contributed by atoms with Crippen molar-refractivity contribution in [3.05, 3.63) is 29.8 Å². The van der Waals surface area contributed by atoms with Gasteiger partial charge in [0, 0.05) is 6.42 Å². The van der Waals surface area contributed by atoms with Crippen LogP contribution in [0.3, 0.4) is 0 Å². The number of carbonyl (C=O) groups excluding carboxylic acids is 3. The van der Waals surface area contributed by atoms with Gasteiger partial charge in [0.25, 0.3) is 0 Å². The van der Waals surface area contributed by atoms with Gasteiger partial charge in [-0.25, -0.2) is 14.4 Å². The Morgan fingerprint density at radius 3 is 2.16 bits per heavy atom. The number of nitrogens with one attached hydrogen (secondary N) is 1. The predicted octanol–water partition coefficient (Wildman–Crippen LogP) is 1.53. The van der Waals surface area contributed by atoms with Crippen molar-refractivity contribution in [2.45, 2.75) is 64.0 Å². The number of carbonyl (C=O) groups is 5. The Kier molecular flexibility index (Phi) is 11.9. The van der Waals surface area contributed by atoms with Crippen molar-refractivity contribution in [1.82, 2.24) is 5.32 Å². The van der Waals surface area contributed by atoms with Gasteiger partial charge in [0.05, 0.1) is 0 Å². The van der Waals surface area contributed by atoms with E-state index in [0.29, 0.717) is 6.42 Å². The SMILES string of the molecule is CC(=O)CC[C@H](NC(=O)O[C@@H](CCC(=O)CCCc1ccc([211At])cc1)C(=O)O)C(=O)O. The molecule has 170 valence electrons. The Morgan fingerprint density at radius 2 is 1.61 bits per heavy atom. The van der Waals surface area contributed by atoms with Gasteiger partial charge < -0.3 is 20.3 Å². The molecule has 1 amide bonds. The van der Waals surface area contributed by atoms with E-state index in [9.17, 15) is 29.1 Å². The van der Waals surface area contributed by atoms with E-state index in [0.717, 1.165) is 12.0 Å². The summed E-state index contributed by atoms with van der Waals surface area (Å²) in [6.45, 7) is 1.29. The van der Waals surface area contributed by atoms with Gasteiger partial charge in [0.2, 0.25) is 0 Å². The molecule has 0 aromatic heterocycles. The van der Waals surface area contributed by atoms with Crippen LogP contribution in [0.2, 0.25) is 0 Å². The van der Waals surface area contributed by atoms with Crippen LogP contribution in [0.25, 0.3) is 0 Å². The Balaban J connectivity index is 2.44. The summed E-state index contributed by atoms with van der Waals surface area (Å²) in [7, 11) is 0. The molecule has 9 nitrogen and oxygen atoms in total. The number of hydrogen-bond acceptors (Lipinski definition) is 6. The van der Waals surface area contributed by atoms with Gasteiger partial charge >= 0.3 is 129 Å². The number of benzene rings is 1. The molecule has 0 saturated heterocycles. The molecule has 1 aromatic rings. The number of Topliss-reactive ketones (excluding diaryl/α,β-unsaturated/α-hetero) is 2. The van der Waals surface area contributed by atoms with Gasteiger partial charge in [-0.2, -0.15) is 0 Å². The van der Waals surface area contributed by atoms with Crippen molar-refractivity contribution in [3.8, 4) is 0 Å². The summed E-state index contributed by atoms with van der Waals surface area (Å²) in [5.41, 5.74) is 1.12. The average molecular weight is 631 g/mol. The van der Waals surface area contributed by atoms with E-state index in [1.807, 2.05) is 29.6 Å². The molecule has 0 aliphatic carbocycles. The van der Waals surface area contributed by atoms with Gasteiger partial charge in [-0.1, -0.05) is 0 Å². The summed E-state index contributed by atoms with van der Waals surface area (Å²) in [4.78, 5) is 57.4. The van der Waals surface area contributed by atoms with Crippen LogP contribution < -0.4 is 8.59 Å². The summed E-state index contributed by atoms with van der Waals surface area (Å²) < 4.78 is 5.99. The first-order valence-electron chi connectivity index (χ1n) is 9.76. The molecule has 0 unspecified atom stereocenters. The molecular formula is C21H26AtNO8. The van der Waals surface area contributed by atoms with Crippen molar-refractivity contribution in [3.63, 3.8) is 0 Å². The minimum absolute atomic E-state index is 0.0581. The Bertz CT molecular complexity index is 793. The first-order chi connectivity index (χ1) is 14.6. The van der Waals surface area contributed by atoms with Crippen molar-refractivity contribution in [1.29, 1.82) is 0 Å². The zero-order valence-corrected chi connectivity index (χ0v) is 20.1. The number of alkyl carbamates (subject to hydrolysis) is 1. The molecule has 0 radical (unpaired) electrons. The van der Waals surface area contributed by atoms with Crippen LogP contribution in [0, 0.1) is 24.7 Å². The molecule has 0 saturated carbocycles. The first-order valence-corrected chi connectivity index (χ1v) is 11.2. The zero-order valence-electron chi connectivity index (χ0n) is 17.1. The van der Waals surface area contributed by atoms with Crippen LogP contribution >= 0.6 is 0 Å². The van der Waals surface area contributed by atoms with Crippen molar-refractivity contribution >= 4 is 32.9 Å². The number of ketones is 2. The maximum atomic E-state index is 12.1. The molecule has 3 N–H and O–H groups in total. The molecule has 1 aromatic carbocycles. The predicted molar refractivity (Wildman–Crippen MR) is 106 cm³/mol. The van der Waals surface area contributed by atoms with E-state index in [4.69, 9.17) is 9.84 Å². The zero-order chi connectivity index (χ0) is 23.4. The number of carboxylic acid groups (broad SMARTS) is 2. The molecule has 0 aliphatic heterocycles. The second-order valence-electron chi connectivity index (χ2n) is 7.07. The topological polar surface area (TPSA) is 147 Å². The molecule has 10 heteroatoms. The Morgan fingerprint density at radius 1 is 0.968 bits per heavy atom. The third-order valence-electron chi connectivity index (χ3n) is 4.42. The molecular weight excluding hydrogens is 605 g/mol. The smallest absolute Gasteiger partial charge is 0.480 e. The standard InChI is InChI=1S/C21H26AtNO8/c1-13(24)5-11-17(19(26)27)23-21(30)31-18(20(28)29)12-10-16(25)4-2-3-14-6-8-15(22)9-7-14/h6-9,17-18H,2-5,10-12H2,1H3,(H,23,30)(H,26,27)(H,28,29)/t17-,18-/m0/s1/i22+1. The molecule has 2 atom stereocenters. The summed E-state index contributed by atoms with van der Waals surface area (Å²) in [6, 6.07) is 6.67. The third-order valence-corrected chi connectivity index (χ3v) is 5.40. The van der Waals surface area contributed by atoms with Crippen LogP contribution in [0.5, 0.6) is 0 Å². The summed E-state index contributed by atoms with van der Waals surface area (Å²) in [6.07, 6.45) is -1.65. The summed E-state index contributed by atoms with van der Waals surface area (Å²) >= 11 is 1.59. The average Bonchev–Trinajstić information content (AvgIpc) is 2.69. The molecule has 0 spiro atoms. The maximum absolute atomic E-state index is 12.1. The van der Waals surface area contributed by atoms with Crippen LogP contribution in [0.1, 0.15) is 51.0 Å². The normalized spacial score (nSPS) is 12.5.